The van der Waals surface area contributed by atoms with Gasteiger partial charge in [0.2, 0.25) is 0 Å². The molecule has 0 saturated carbocycles. The van der Waals surface area contributed by atoms with E-state index in [4.69, 9.17) is 11.6 Å². The third-order valence-corrected chi connectivity index (χ3v) is 4.14. The summed E-state index contributed by atoms with van der Waals surface area (Å²) >= 11 is 6.00. The molecule has 3 N–H and O–H groups in total. The lowest BCUT2D eigenvalue weighted by Gasteiger charge is -2.20. The molecule has 2 aromatic carbocycles. The fourth-order valence-corrected chi connectivity index (χ4v) is 3.03. The Bertz CT molecular complexity index is 891. The van der Waals surface area contributed by atoms with E-state index in [0.29, 0.717) is 10.7 Å². The fourth-order valence-electron chi connectivity index (χ4n) is 2.84. The zero-order chi connectivity index (χ0) is 15.8. The van der Waals surface area contributed by atoms with E-state index in [2.05, 4.69) is 20.9 Å². The summed E-state index contributed by atoms with van der Waals surface area (Å²) in [6, 6.07) is 11.0. The summed E-state index contributed by atoms with van der Waals surface area (Å²) in [7, 11) is 0. The molecule has 4 rings (SSSR count). The van der Waals surface area contributed by atoms with Crippen LogP contribution in [0.1, 0.15) is 5.56 Å². The van der Waals surface area contributed by atoms with Gasteiger partial charge in [-0.25, -0.2) is 10.2 Å². The highest BCUT2D eigenvalue weighted by atomic mass is 35.5. The van der Waals surface area contributed by atoms with Crippen molar-refractivity contribution in [3.05, 3.63) is 53.2 Å². The van der Waals surface area contributed by atoms with Crippen LogP contribution in [0.5, 0.6) is 0 Å². The van der Waals surface area contributed by atoms with Crippen LogP contribution in [0, 0.1) is 0 Å². The molecule has 3 aromatic rings. The molecule has 0 aliphatic carbocycles. The molecule has 0 radical (unpaired) electrons. The van der Waals surface area contributed by atoms with Crippen LogP contribution in [0.15, 0.2) is 42.6 Å². The van der Waals surface area contributed by atoms with Gasteiger partial charge >= 0.3 is 6.03 Å². The second-order valence-electron chi connectivity index (χ2n) is 5.38. The van der Waals surface area contributed by atoms with Crippen molar-refractivity contribution >= 4 is 39.9 Å². The molecule has 116 valence electrons. The number of aromatic amines is 1. The van der Waals surface area contributed by atoms with Crippen molar-refractivity contribution in [2.45, 2.75) is 6.42 Å². The van der Waals surface area contributed by atoms with Crippen LogP contribution >= 0.6 is 11.6 Å². The van der Waals surface area contributed by atoms with Gasteiger partial charge in [-0.05, 0) is 42.3 Å². The first-order valence-corrected chi connectivity index (χ1v) is 7.64. The third kappa shape index (κ3) is 2.57. The Hall–Kier alpha value is -2.73. The molecule has 6 nitrogen and oxygen atoms in total. The smallest absolute Gasteiger partial charge is 0.306 e. The summed E-state index contributed by atoms with van der Waals surface area (Å²) in [4.78, 5) is 12.3. The summed E-state index contributed by atoms with van der Waals surface area (Å²) < 4.78 is 0. The maximum atomic E-state index is 12.3. The molecule has 1 aromatic heterocycles. The number of carbonyl (C=O) groups excluding carboxylic acids is 1. The van der Waals surface area contributed by atoms with Crippen molar-refractivity contribution in [2.24, 2.45) is 0 Å². The number of aromatic nitrogens is 2. The van der Waals surface area contributed by atoms with E-state index in [1.807, 2.05) is 41.4 Å². The van der Waals surface area contributed by atoms with Crippen molar-refractivity contribution in [3.63, 3.8) is 0 Å². The number of fused-ring (bicyclic) bond motifs is 2. The first-order chi connectivity index (χ1) is 11.2. The Morgan fingerprint density at radius 3 is 3.13 bits per heavy atom. The Labute approximate surface area is 137 Å². The predicted octanol–water partition coefficient (Wildman–Crippen LogP) is 3.32. The molecule has 2 amide bonds. The lowest BCUT2D eigenvalue weighted by molar-refractivity contribution is 0.251. The number of nitrogens with one attached hydrogen (secondary N) is 3. The highest BCUT2D eigenvalue weighted by Crippen LogP contribution is 2.29. The van der Waals surface area contributed by atoms with Crippen LogP contribution in [-0.4, -0.2) is 22.8 Å². The largest absolute Gasteiger partial charge is 0.338 e. The molecular formula is C16H14ClN5O. The molecule has 0 saturated heterocycles. The van der Waals surface area contributed by atoms with Gasteiger partial charge in [0.05, 0.1) is 23.1 Å². The quantitative estimate of drug-likeness (QED) is 0.676. The zero-order valence-corrected chi connectivity index (χ0v) is 12.9. The van der Waals surface area contributed by atoms with Gasteiger partial charge in [-0.3, -0.25) is 10.1 Å². The first kappa shape index (κ1) is 13.9. The molecule has 0 fully saturated rings. The van der Waals surface area contributed by atoms with Crippen molar-refractivity contribution < 1.29 is 4.79 Å². The minimum absolute atomic E-state index is 0.290. The van der Waals surface area contributed by atoms with Crippen LogP contribution in [0.4, 0.5) is 16.2 Å². The van der Waals surface area contributed by atoms with E-state index in [1.54, 1.807) is 6.20 Å². The molecule has 0 atom stereocenters. The maximum absolute atomic E-state index is 12.3. The van der Waals surface area contributed by atoms with Gasteiger partial charge in [-0.2, -0.15) is 5.10 Å². The molecule has 0 unspecified atom stereocenters. The number of rotatable bonds is 2. The van der Waals surface area contributed by atoms with Gasteiger partial charge in [0.15, 0.2) is 0 Å². The van der Waals surface area contributed by atoms with Gasteiger partial charge in [-0.15, -0.1) is 0 Å². The Morgan fingerprint density at radius 1 is 1.30 bits per heavy atom. The number of benzene rings is 2. The maximum Gasteiger partial charge on any atom is 0.338 e. The lowest BCUT2D eigenvalue weighted by Crippen LogP contribution is -2.43. The molecule has 0 spiro atoms. The highest BCUT2D eigenvalue weighted by molar-refractivity contribution is 6.30. The van der Waals surface area contributed by atoms with Crippen molar-refractivity contribution in [2.75, 3.05) is 16.9 Å². The minimum Gasteiger partial charge on any atom is -0.306 e. The Balaban J connectivity index is 1.50. The van der Waals surface area contributed by atoms with E-state index in [1.165, 1.54) is 0 Å². The molecule has 1 aliphatic rings. The van der Waals surface area contributed by atoms with Crippen LogP contribution in [0.2, 0.25) is 5.02 Å². The van der Waals surface area contributed by atoms with Gasteiger partial charge < -0.3 is 5.32 Å². The number of hydrogen-bond donors (Lipinski definition) is 3. The number of halogens is 1. The number of nitrogens with zero attached hydrogens (tertiary/aromatic N) is 2. The van der Waals surface area contributed by atoms with Gasteiger partial charge in [0.25, 0.3) is 0 Å². The average molecular weight is 328 g/mol. The molecule has 7 heteroatoms. The fraction of sp³-hybridized carbons (Fsp3) is 0.125. The van der Waals surface area contributed by atoms with Crippen LogP contribution < -0.4 is 15.8 Å². The molecule has 1 aliphatic heterocycles. The SMILES string of the molecule is O=C(Nc1cccc2[nH]ncc12)NN1CCc2cc(Cl)ccc21. The van der Waals surface area contributed by atoms with E-state index < -0.39 is 0 Å². The average Bonchev–Trinajstić information content (AvgIpc) is 3.15. The summed E-state index contributed by atoms with van der Waals surface area (Å²) in [5.41, 5.74) is 6.57. The zero-order valence-electron chi connectivity index (χ0n) is 12.1. The topological polar surface area (TPSA) is 73.0 Å². The summed E-state index contributed by atoms with van der Waals surface area (Å²) in [5, 5.41) is 13.1. The monoisotopic (exact) mass is 327 g/mol. The van der Waals surface area contributed by atoms with E-state index >= 15 is 0 Å². The van der Waals surface area contributed by atoms with E-state index in [-0.39, 0.29) is 6.03 Å². The molecule has 0 bridgehead atoms. The highest BCUT2D eigenvalue weighted by Gasteiger charge is 2.21. The molecule has 23 heavy (non-hydrogen) atoms. The van der Waals surface area contributed by atoms with Crippen LogP contribution in [0.25, 0.3) is 10.9 Å². The predicted molar refractivity (Wildman–Crippen MR) is 90.8 cm³/mol. The second-order valence-corrected chi connectivity index (χ2v) is 5.81. The third-order valence-electron chi connectivity index (χ3n) is 3.91. The number of H-pyrrole nitrogens is 1. The Kier molecular flexibility index (Phi) is 3.31. The van der Waals surface area contributed by atoms with Gasteiger partial charge in [0.1, 0.15) is 0 Å². The number of urea groups is 1. The molecule has 2 heterocycles. The van der Waals surface area contributed by atoms with Gasteiger partial charge in [-0.1, -0.05) is 17.7 Å². The number of hydrogen-bond acceptors (Lipinski definition) is 3. The second kappa shape index (κ2) is 5.48. The van der Waals surface area contributed by atoms with E-state index in [0.717, 1.165) is 35.1 Å². The first-order valence-electron chi connectivity index (χ1n) is 7.26. The lowest BCUT2D eigenvalue weighted by atomic mass is 10.2. The normalized spacial score (nSPS) is 13.2. The van der Waals surface area contributed by atoms with Crippen LogP contribution in [-0.2, 0) is 6.42 Å². The number of anilines is 2. The summed E-state index contributed by atoms with van der Waals surface area (Å²) in [6.45, 7) is 0.721. The number of carbonyl (C=O) groups is 1. The molecular weight excluding hydrogens is 314 g/mol. The van der Waals surface area contributed by atoms with Crippen molar-refractivity contribution in [1.29, 1.82) is 0 Å². The Morgan fingerprint density at radius 2 is 2.22 bits per heavy atom. The minimum atomic E-state index is -0.290. The summed E-state index contributed by atoms with van der Waals surface area (Å²) in [5.74, 6) is 0. The van der Waals surface area contributed by atoms with Crippen molar-refractivity contribution in [3.8, 4) is 0 Å². The standard InChI is InChI=1S/C16H14ClN5O/c17-11-4-5-15-10(8-11)6-7-22(15)21-16(23)19-13-2-1-3-14-12(13)9-18-20-14/h1-5,8-9H,6-7H2,(H,18,20)(H2,19,21,23). The van der Waals surface area contributed by atoms with E-state index in [9.17, 15) is 4.79 Å². The van der Waals surface area contributed by atoms with Crippen LogP contribution in [0.3, 0.4) is 0 Å². The van der Waals surface area contributed by atoms with Crippen molar-refractivity contribution in [1.82, 2.24) is 15.6 Å². The number of amides is 2. The summed E-state index contributed by atoms with van der Waals surface area (Å²) in [6.07, 6.45) is 2.55. The van der Waals surface area contributed by atoms with Gasteiger partial charge in [0, 0.05) is 17.0 Å². The number of hydrazine groups is 1.